The molecule has 0 fully saturated rings. The molecule has 218 valence electrons. The van der Waals surface area contributed by atoms with Crippen LogP contribution in [0.2, 0.25) is 0 Å². The molecule has 9 N–H and O–H groups in total. The van der Waals surface area contributed by atoms with Crippen LogP contribution in [-0.2, 0) is 25.6 Å². The van der Waals surface area contributed by atoms with Crippen molar-refractivity contribution in [2.75, 3.05) is 25.4 Å². The summed E-state index contributed by atoms with van der Waals surface area (Å²) in [7, 11) is 0. The fourth-order valence-corrected chi connectivity index (χ4v) is 4.04. The number of hydrogen-bond donors (Lipinski definition) is 8. The number of primary amides is 1. The third-order valence-corrected chi connectivity index (χ3v) is 6.36. The summed E-state index contributed by atoms with van der Waals surface area (Å²) in [5.41, 5.74) is 12.1. The minimum absolute atomic E-state index is 0.0361. The van der Waals surface area contributed by atoms with Gasteiger partial charge in [0.15, 0.2) is 0 Å². The lowest BCUT2D eigenvalue weighted by atomic mass is 10.1. The van der Waals surface area contributed by atoms with Gasteiger partial charge in [-0.05, 0) is 37.9 Å². The molecule has 2 rings (SSSR count). The summed E-state index contributed by atoms with van der Waals surface area (Å²) < 4.78 is 0. The van der Waals surface area contributed by atoms with Crippen LogP contribution in [-0.4, -0.2) is 83.2 Å². The Morgan fingerprint density at radius 1 is 1.00 bits per heavy atom. The van der Waals surface area contributed by atoms with E-state index in [1.54, 1.807) is 18.2 Å². The fraction of sp³-hybridized carbons (Fsp3) is 0.462. The van der Waals surface area contributed by atoms with Gasteiger partial charge in [-0.15, -0.1) is 0 Å². The number of carbonyl (C=O) groups excluding carboxylic acids is 5. The molecular formula is C26H37N7O6S. The lowest BCUT2D eigenvalue weighted by Gasteiger charge is -2.24. The first-order valence-corrected chi connectivity index (χ1v) is 13.6. The van der Waals surface area contributed by atoms with E-state index in [9.17, 15) is 29.1 Å². The Labute approximate surface area is 237 Å². The maximum Gasteiger partial charge on any atom is 0.253 e. The van der Waals surface area contributed by atoms with E-state index in [0.29, 0.717) is 37.1 Å². The first-order valence-electron chi connectivity index (χ1n) is 12.9. The summed E-state index contributed by atoms with van der Waals surface area (Å²) in [6, 6.07) is 5.17. The quantitative estimate of drug-likeness (QED) is 0.0869. The van der Waals surface area contributed by atoms with Crippen molar-refractivity contribution in [3.05, 3.63) is 41.6 Å². The molecule has 0 saturated heterocycles. The molecule has 0 aliphatic carbocycles. The number of rotatable bonds is 16. The maximum absolute atomic E-state index is 13.1. The second kappa shape index (κ2) is 16.4. The molecule has 14 heteroatoms. The smallest absolute Gasteiger partial charge is 0.253 e. The van der Waals surface area contributed by atoms with E-state index in [1.165, 1.54) is 0 Å². The average molecular weight is 576 g/mol. The molecule has 0 radical (unpaired) electrons. The molecule has 1 aromatic heterocycles. The highest BCUT2D eigenvalue weighted by Gasteiger charge is 2.30. The van der Waals surface area contributed by atoms with Crippen molar-refractivity contribution >= 4 is 53.1 Å². The lowest BCUT2D eigenvalue weighted by molar-refractivity contribution is -0.133. The van der Waals surface area contributed by atoms with Crippen molar-refractivity contribution in [1.29, 1.82) is 0 Å². The molecular weight excluding hydrogens is 538 g/mol. The van der Waals surface area contributed by atoms with Gasteiger partial charge in [-0.1, -0.05) is 25.1 Å². The van der Waals surface area contributed by atoms with E-state index in [2.05, 4.69) is 38.9 Å². The molecule has 1 aromatic carbocycles. The van der Waals surface area contributed by atoms with E-state index in [-0.39, 0.29) is 24.2 Å². The Bertz CT molecular complexity index is 1210. The predicted molar refractivity (Wildman–Crippen MR) is 152 cm³/mol. The number of fused-ring (bicyclic) bond motifs is 1. The number of para-hydroxylation sites is 1. The topological polar surface area (TPSA) is 219 Å². The molecule has 40 heavy (non-hydrogen) atoms. The Morgan fingerprint density at radius 3 is 2.30 bits per heavy atom. The number of aryl methyl sites for hydroxylation is 1. The van der Waals surface area contributed by atoms with Crippen molar-refractivity contribution < 1.29 is 29.1 Å². The van der Waals surface area contributed by atoms with Gasteiger partial charge in [0, 0.05) is 24.1 Å². The highest BCUT2D eigenvalue weighted by molar-refractivity contribution is 7.80. The summed E-state index contributed by atoms with van der Waals surface area (Å²) in [5.74, 6) is -3.51. The van der Waals surface area contributed by atoms with Gasteiger partial charge in [-0.3, -0.25) is 29.0 Å². The fourth-order valence-electron chi connectivity index (χ4n) is 3.78. The van der Waals surface area contributed by atoms with Crippen LogP contribution in [0.15, 0.2) is 30.3 Å². The number of hydrogen-bond acceptors (Lipinski definition) is 9. The van der Waals surface area contributed by atoms with Crippen LogP contribution >= 0.6 is 12.6 Å². The number of amides is 5. The lowest BCUT2D eigenvalue weighted by Crippen LogP contribution is -2.58. The molecule has 0 aliphatic rings. The van der Waals surface area contributed by atoms with Crippen LogP contribution in [0, 0.1) is 0 Å². The Hall–Kier alpha value is -3.75. The van der Waals surface area contributed by atoms with Crippen LogP contribution in [0.25, 0.3) is 10.9 Å². The molecule has 0 unspecified atom stereocenters. The largest absolute Gasteiger partial charge is 0.394 e. The molecule has 2 aromatic rings. The predicted octanol–water partition coefficient (Wildman–Crippen LogP) is -1.48. The van der Waals surface area contributed by atoms with E-state index in [4.69, 9.17) is 11.5 Å². The summed E-state index contributed by atoms with van der Waals surface area (Å²) in [6.45, 7) is 1.75. The van der Waals surface area contributed by atoms with Gasteiger partial charge < -0.3 is 37.8 Å². The standard InChI is InChI=1S/C26H37N7O6S/c1-2-17-16(12-15-6-3-4-7-18(15)30-17)23(36)32-20(13-34)26(39)31-19(8-9-22(28)35)25(38)33-21(14-40)24(37)29-11-5-10-27/h3-4,6-7,12,19-21,34,40H,2,5,8-11,13-14,27H2,1H3,(H2,28,35)(H,29,37)(H,31,39)(H,32,36)(H,33,38)/t19-,20-,21-/m0/s1. The number of nitrogens with two attached hydrogens (primary N) is 2. The molecule has 0 bridgehead atoms. The summed E-state index contributed by atoms with van der Waals surface area (Å²) >= 11 is 4.11. The minimum atomic E-state index is -1.42. The molecule has 3 atom stereocenters. The minimum Gasteiger partial charge on any atom is -0.394 e. The Morgan fingerprint density at radius 2 is 1.68 bits per heavy atom. The number of aromatic nitrogens is 1. The van der Waals surface area contributed by atoms with Crippen LogP contribution in [0.4, 0.5) is 0 Å². The summed E-state index contributed by atoms with van der Waals surface area (Å²) in [4.78, 5) is 67.4. The SMILES string of the molecule is CCc1nc2ccccc2cc1C(=O)N[C@@H](CO)C(=O)N[C@@H](CCC(N)=O)C(=O)N[C@@H](CS)C(=O)NCCCN. The van der Waals surface area contributed by atoms with Crippen molar-refractivity contribution in [3.8, 4) is 0 Å². The van der Waals surface area contributed by atoms with Crippen molar-refractivity contribution in [2.45, 2.75) is 50.7 Å². The number of aliphatic hydroxyl groups is 1. The number of carbonyl (C=O) groups is 5. The number of thiol groups is 1. The normalized spacial score (nSPS) is 13.1. The Balaban J connectivity index is 2.16. The van der Waals surface area contributed by atoms with Crippen molar-refractivity contribution in [3.63, 3.8) is 0 Å². The van der Waals surface area contributed by atoms with Gasteiger partial charge in [-0.2, -0.15) is 12.6 Å². The zero-order valence-electron chi connectivity index (χ0n) is 22.3. The highest BCUT2D eigenvalue weighted by atomic mass is 32.1. The molecule has 0 aliphatic heterocycles. The molecule has 0 spiro atoms. The third kappa shape index (κ3) is 9.47. The number of benzene rings is 1. The second-order valence-electron chi connectivity index (χ2n) is 8.98. The summed E-state index contributed by atoms with van der Waals surface area (Å²) in [5, 5.41) is 20.6. The highest BCUT2D eigenvalue weighted by Crippen LogP contribution is 2.17. The number of aliphatic hydroxyl groups excluding tert-OH is 1. The zero-order valence-corrected chi connectivity index (χ0v) is 23.2. The van der Waals surface area contributed by atoms with Gasteiger partial charge in [0.2, 0.25) is 23.6 Å². The Kier molecular flexibility index (Phi) is 13.3. The number of nitrogens with zero attached hydrogens (tertiary/aromatic N) is 1. The number of nitrogens with one attached hydrogen (secondary N) is 4. The number of pyridine rings is 1. The van der Waals surface area contributed by atoms with Gasteiger partial charge in [-0.25, -0.2) is 0 Å². The van der Waals surface area contributed by atoms with Gasteiger partial charge in [0.25, 0.3) is 5.91 Å². The van der Waals surface area contributed by atoms with Crippen molar-refractivity contribution in [2.24, 2.45) is 11.5 Å². The average Bonchev–Trinajstić information content (AvgIpc) is 2.95. The van der Waals surface area contributed by atoms with E-state index in [1.807, 2.05) is 19.1 Å². The molecule has 1 heterocycles. The molecule has 0 saturated carbocycles. The van der Waals surface area contributed by atoms with E-state index < -0.39 is 54.3 Å². The van der Waals surface area contributed by atoms with Crippen LogP contribution < -0.4 is 32.7 Å². The van der Waals surface area contributed by atoms with E-state index >= 15 is 0 Å². The monoisotopic (exact) mass is 575 g/mol. The third-order valence-electron chi connectivity index (χ3n) is 5.99. The maximum atomic E-state index is 13.1. The van der Waals surface area contributed by atoms with Gasteiger partial charge in [0.1, 0.15) is 18.1 Å². The van der Waals surface area contributed by atoms with Crippen molar-refractivity contribution in [1.82, 2.24) is 26.3 Å². The van der Waals surface area contributed by atoms with Crippen LogP contribution in [0.1, 0.15) is 42.2 Å². The van der Waals surface area contributed by atoms with Crippen LogP contribution in [0.5, 0.6) is 0 Å². The first kappa shape index (κ1) is 32.5. The molecule has 5 amide bonds. The summed E-state index contributed by atoms with van der Waals surface area (Å²) in [6.07, 6.45) is 0.567. The molecule has 13 nitrogen and oxygen atoms in total. The first-order chi connectivity index (χ1) is 19.1. The second-order valence-corrected chi connectivity index (χ2v) is 9.35. The van der Waals surface area contributed by atoms with Gasteiger partial charge in [0.05, 0.1) is 23.4 Å². The zero-order chi connectivity index (χ0) is 29.7. The van der Waals surface area contributed by atoms with Crippen LogP contribution in [0.3, 0.4) is 0 Å². The van der Waals surface area contributed by atoms with E-state index in [0.717, 1.165) is 5.39 Å². The van der Waals surface area contributed by atoms with Gasteiger partial charge >= 0.3 is 0 Å².